The minimum atomic E-state index is -0.927. The zero-order valence-electron chi connectivity index (χ0n) is 13.9. The predicted octanol–water partition coefficient (Wildman–Crippen LogP) is 2.75. The molecule has 1 aliphatic rings. The summed E-state index contributed by atoms with van der Waals surface area (Å²) in [6.45, 7) is 0. The van der Waals surface area contributed by atoms with Crippen LogP contribution >= 0.6 is 0 Å². The first-order valence-electron chi connectivity index (χ1n) is 7.78. The molecule has 124 valence electrons. The second kappa shape index (κ2) is 6.00. The van der Waals surface area contributed by atoms with Crippen LogP contribution in [0.2, 0.25) is 0 Å². The van der Waals surface area contributed by atoms with Gasteiger partial charge in [0.25, 0.3) is 5.91 Å². The standard InChI is InChI=1S/C19H20N2O3/c1-20(2)13-10-8-12(9-11-13)17-16(19(23)24)14-6-4-5-7-15(14)18(22)21(17)3/h4-11,16-17H,1-3H3,(H,23,24). The van der Waals surface area contributed by atoms with E-state index >= 15 is 0 Å². The largest absolute Gasteiger partial charge is 0.481 e. The van der Waals surface area contributed by atoms with Gasteiger partial charge in [0, 0.05) is 32.4 Å². The van der Waals surface area contributed by atoms with E-state index in [4.69, 9.17) is 0 Å². The molecule has 5 heteroatoms. The molecule has 3 rings (SSSR count). The van der Waals surface area contributed by atoms with Gasteiger partial charge in [-0.05, 0) is 29.3 Å². The lowest BCUT2D eigenvalue weighted by Crippen LogP contribution is -2.42. The number of benzene rings is 2. The number of hydrogen-bond acceptors (Lipinski definition) is 3. The Kier molecular flexibility index (Phi) is 4.01. The van der Waals surface area contributed by atoms with Crippen molar-refractivity contribution in [2.45, 2.75) is 12.0 Å². The van der Waals surface area contributed by atoms with E-state index in [0.29, 0.717) is 11.1 Å². The van der Waals surface area contributed by atoms with E-state index in [1.807, 2.05) is 43.3 Å². The normalized spacial score (nSPS) is 19.8. The summed E-state index contributed by atoms with van der Waals surface area (Å²) < 4.78 is 0. The summed E-state index contributed by atoms with van der Waals surface area (Å²) in [5.74, 6) is -1.86. The molecule has 24 heavy (non-hydrogen) atoms. The van der Waals surface area contributed by atoms with Crippen molar-refractivity contribution >= 4 is 17.6 Å². The minimum Gasteiger partial charge on any atom is -0.481 e. The molecule has 2 aromatic rings. The number of anilines is 1. The van der Waals surface area contributed by atoms with Gasteiger partial charge in [-0.15, -0.1) is 0 Å². The first kappa shape index (κ1) is 16.1. The van der Waals surface area contributed by atoms with E-state index in [9.17, 15) is 14.7 Å². The van der Waals surface area contributed by atoms with Crippen molar-refractivity contribution in [1.29, 1.82) is 0 Å². The van der Waals surface area contributed by atoms with Gasteiger partial charge in [-0.25, -0.2) is 0 Å². The predicted molar refractivity (Wildman–Crippen MR) is 92.4 cm³/mol. The Morgan fingerprint density at radius 3 is 2.29 bits per heavy atom. The van der Waals surface area contributed by atoms with Crippen molar-refractivity contribution in [3.63, 3.8) is 0 Å². The van der Waals surface area contributed by atoms with Crippen LogP contribution in [0.25, 0.3) is 0 Å². The summed E-state index contributed by atoms with van der Waals surface area (Å²) >= 11 is 0. The lowest BCUT2D eigenvalue weighted by molar-refractivity contribution is -0.140. The third-order valence-electron chi connectivity index (χ3n) is 4.60. The summed E-state index contributed by atoms with van der Waals surface area (Å²) in [6, 6.07) is 14.1. The zero-order valence-corrected chi connectivity index (χ0v) is 13.9. The Hall–Kier alpha value is -2.82. The number of carbonyl (C=O) groups excluding carboxylic acids is 1. The number of likely N-dealkylation sites (N-methyl/N-ethyl adjacent to an activating group) is 1. The van der Waals surface area contributed by atoms with Crippen LogP contribution in [0.1, 0.15) is 33.4 Å². The summed E-state index contributed by atoms with van der Waals surface area (Å²) in [4.78, 5) is 28.2. The molecule has 2 unspecified atom stereocenters. The lowest BCUT2D eigenvalue weighted by Gasteiger charge is -2.38. The maximum Gasteiger partial charge on any atom is 0.313 e. The molecule has 0 aliphatic carbocycles. The number of carboxylic acids is 1. The van der Waals surface area contributed by atoms with Crippen molar-refractivity contribution in [2.24, 2.45) is 0 Å². The van der Waals surface area contributed by atoms with Crippen molar-refractivity contribution in [3.05, 3.63) is 65.2 Å². The average molecular weight is 324 g/mol. The summed E-state index contributed by atoms with van der Waals surface area (Å²) in [7, 11) is 5.56. The molecule has 1 amide bonds. The van der Waals surface area contributed by atoms with Crippen molar-refractivity contribution in [2.75, 3.05) is 26.0 Å². The van der Waals surface area contributed by atoms with Gasteiger partial charge in [0.05, 0.1) is 6.04 Å². The molecule has 1 aliphatic heterocycles. The fourth-order valence-corrected chi connectivity index (χ4v) is 3.33. The number of amides is 1. The van der Waals surface area contributed by atoms with Crippen LogP contribution in [-0.2, 0) is 4.79 Å². The fraction of sp³-hybridized carbons (Fsp3) is 0.263. The molecule has 2 aromatic carbocycles. The lowest BCUT2D eigenvalue weighted by atomic mass is 9.80. The van der Waals surface area contributed by atoms with Gasteiger partial charge in [0.2, 0.25) is 0 Å². The Morgan fingerprint density at radius 1 is 1.08 bits per heavy atom. The highest BCUT2D eigenvalue weighted by atomic mass is 16.4. The molecular formula is C19H20N2O3. The third kappa shape index (κ3) is 2.52. The average Bonchev–Trinajstić information content (AvgIpc) is 2.57. The van der Waals surface area contributed by atoms with Gasteiger partial charge >= 0.3 is 5.97 Å². The minimum absolute atomic E-state index is 0.148. The topological polar surface area (TPSA) is 60.9 Å². The molecule has 0 saturated carbocycles. The molecule has 0 bridgehead atoms. The van der Waals surface area contributed by atoms with Crippen LogP contribution in [0.4, 0.5) is 5.69 Å². The second-order valence-corrected chi connectivity index (χ2v) is 6.25. The highest BCUT2D eigenvalue weighted by Crippen LogP contribution is 2.42. The van der Waals surface area contributed by atoms with Gasteiger partial charge in [-0.1, -0.05) is 30.3 Å². The highest BCUT2D eigenvalue weighted by molar-refractivity contribution is 6.00. The van der Waals surface area contributed by atoms with Crippen molar-refractivity contribution in [1.82, 2.24) is 4.90 Å². The summed E-state index contributed by atoms with van der Waals surface area (Å²) in [6.07, 6.45) is 0. The van der Waals surface area contributed by atoms with E-state index in [1.165, 1.54) is 4.90 Å². The molecule has 1 heterocycles. The third-order valence-corrected chi connectivity index (χ3v) is 4.60. The Balaban J connectivity index is 2.12. The van der Waals surface area contributed by atoms with Gasteiger partial charge in [-0.3, -0.25) is 9.59 Å². The molecular weight excluding hydrogens is 304 g/mol. The molecule has 0 saturated heterocycles. The number of aliphatic carboxylic acids is 1. The number of rotatable bonds is 3. The van der Waals surface area contributed by atoms with Crippen LogP contribution in [0, 0.1) is 0 Å². The Labute approximate surface area is 141 Å². The Bertz CT molecular complexity index is 783. The van der Waals surface area contributed by atoms with E-state index in [2.05, 4.69) is 0 Å². The second-order valence-electron chi connectivity index (χ2n) is 6.25. The monoisotopic (exact) mass is 324 g/mol. The van der Waals surface area contributed by atoms with Crippen LogP contribution in [0.5, 0.6) is 0 Å². The van der Waals surface area contributed by atoms with E-state index in [0.717, 1.165) is 11.3 Å². The molecule has 5 nitrogen and oxygen atoms in total. The zero-order chi connectivity index (χ0) is 17.4. The molecule has 0 fully saturated rings. The number of carboxylic acid groups (broad SMARTS) is 1. The molecule has 0 spiro atoms. The van der Waals surface area contributed by atoms with E-state index in [-0.39, 0.29) is 5.91 Å². The van der Waals surface area contributed by atoms with Gasteiger partial charge in [0.15, 0.2) is 0 Å². The quantitative estimate of drug-likeness (QED) is 0.943. The number of nitrogens with zero attached hydrogens (tertiary/aromatic N) is 2. The maximum atomic E-state index is 12.7. The van der Waals surface area contributed by atoms with Gasteiger partial charge in [-0.2, -0.15) is 0 Å². The molecule has 0 aromatic heterocycles. The molecule has 1 N–H and O–H groups in total. The van der Waals surface area contributed by atoms with E-state index in [1.54, 1.807) is 31.3 Å². The summed E-state index contributed by atoms with van der Waals surface area (Å²) in [5, 5.41) is 9.82. The number of hydrogen-bond donors (Lipinski definition) is 1. The number of fused-ring (bicyclic) bond motifs is 1. The fourth-order valence-electron chi connectivity index (χ4n) is 3.33. The Morgan fingerprint density at radius 2 is 1.71 bits per heavy atom. The molecule has 2 atom stereocenters. The van der Waals surface area contributed by atoms with Crippen LogP contribution in [-0.4, -0.2) is 43.0 Å². The maximum absolute atomic E-state index is 12.7. The first-order chi connectivity index (χ1) is 11.4. The van der Waals surface area contributed by atoms with Crippen LogP contribution in [0.15, 0.2) is 48.5 Å². The van der Waals surface area contributed by atoms with E-state index < -0.39 is 17.9 Å². The van der Waals surface area contributed by atoms with Crippen LogP contribution in [0.3, 0.4) is 0 Å². The van der Waals surface area contributed by atoms with Crippen LogP contribution < -0.4 is 4.90 Å². The van der Waals surface area contributed by atoms with Crippen molar-refractivity contribution in [3.8, 4) is 0 Å². The number of carbonyl (C=O) groups is 2. The first-order valence-corrected chi connectivity index (χ1v) is 7.78. The highest BCUT2D eigenvalue weighted by Gasteiger charge is 2.42. The SMILES string of the molecule is CN(C)c1ccc(C2C(C(=O)O)c3ccccc3C(=O)N2C)cc1. The smallest absolute Gasteiger partial charge is 0.313 e. The molecule has 0 radical (unpaired) electrons. The van der Waals surface area contributed by atoms with Gasteiger partial charge < -0.3 is 14.9 Å². The van der Waals surface area contributed by atoms with Crippen molar-refractivity contribution < 1.29 is 14.7 Å². The van der Waals surface area contributed by atoms with Gasteiger partial charge in [0.1, 0.15) is 5.92 Å². The summed E-state index contributed by atoms with van der Waals surface area (Å²) in [5.41, 5.74) is 2.89.